The molecule has 4 rings (SSSR count). The lowest BCUT2D eigenvalue weighted by atomic mass is 9.96. The van der Waals surface area contributed by atoms with E-state index in [1.54, 1.807) is 4.68 Å². The molecule has 9 heteroatoms. The van der Waals surface area contributed by atoms with Gasteiger partial charge >= 0.3 is 6.09 Å². The van der Waals surface area contributed by atoms with Crippen LogP contribution in [-0.4, -0.2) is 60.0 Å². The van der Waals surface area contributed by atoms with E-state index in [1.807, 2.05) is 0 Å². The number of fused-ring (bicyclic) bond motifs is 5. The fraction of sp³-hybridized carbons (Fsp3) is 0.500. The van der Waals surface area contributed by atoms with Crippen molar-refractivity contribution in [1.82, 2.24) is 19.8 Å². The predicted octanol–water partition coefficient (Wildman–Crippen LogP) is -0.146. The third-order valence-electron chi connectivity index (χ3n) is 4.50. The molecule has 23 heavy (non-hydrogen) atoms. The third-order valence-corrected chi connectivity index (χ3v) is 4.50. The molecule has 0 fully saturated rings. The number of aliphatic hydroxyl groups excluding tert-OH is 1. The topological polar surface area (TPSA) is 125 Å². The molecule has 0 radical (unpaired) electrons. The van der Waals surface area contributed by atoms with Crippen LogP contribution in [0.15, 0.2) is 10.8 Å². The Morgan fingerprint density at radius 2 is 2.30 bits per heavy atom. The van der Waals surface area contributed by atoms with Crippen molar-refractivity contribution in [3.05, 3.63) is 23.1 Å². The summed E-state index contributed by atoms with van der Waals surface area (Å²) >= 11 is 0. The number of aliphatic hydroxyl groups is 2. The van der Waals surface area contributed by atoms with Crippen molar-refractivity contribution in [2.24, 2.45) is 0 Å². The second-order valence-electron chi connectivity index (χ2n) is 6.13. The summed E-state index contributed by atoms with van der Waals surface area (Å²) < 4.78 is 6.65. The van der Waals surface area contributed by atoms with E-state index in [4.69, 9.17) is 4.52 Å². The van der Waals surface area contributed by atoms with Crippen molar-refractivity contribution in [3.63, 3.8) is 0 Å². The SMILES string of the molecule is O=C(O)N1CCc2nn3c(c2C1)-c1nocc1CC(O)(CO)C3. The Balaban J connectivity index is 1.88. The predicted molar refractivity (Wildman–Crippen MR) is 75.6 cm³/mol. The zero-order chi connectivity index (χ0) is 16.2. The third kappa shape index (κ3) is 2.12. The Hall–Kier alpha value is -2.39. The molecule has 0 bridgehead atoms. The molecule has 0 saturated heterocycles. The lowest BCUT2D eigenvalue weighted by Gasteiger charge is -2.23. The molecule has 3 N–H and O–H groups in total. The molecule has 4 heterocycles. The zero-order valence-corrected chi connectivity index (χ0v) is 12.3. The number of rotatable bonds is 1. The van der Waals surface area contributed by atoms with Gasteiger partial charge in [-0.05, 0) is 0 Å². The molecule has 1 amide bonds. The maximum atomic E-state index is 11.3. The quantitative estimate of drug-likeness (QED) is 0.667. The fourth-order valence-electron chi connectivity index (χ4n) is 3.34. The van der Waals surface area contributed by atoms with E-state index >= 15 is 0 Å². The minimum Gasteiger partial charge on any atom is -0.465 e. The van der Waals surface area contributed by atoms with Gasteiger partial charge in [-0.25, -0.2) is 4.79 Å². The normalized spacial score (nSPS) is 23.0. The van der Waals surface area contributed by atoms with Gasteiger partial charge in [-0.3, -0.25) is 4.68 Å². The summed E-state index contributed by atoms with van der Waals surface area (Å²) in [6.07, 6.45) is 1.18. The van der Waals surface area contributed by atoms with Crippen LogP contribution < -0.4 is 0 Å². The molecule has 1 unspecified atom stereocenters. The summed E-state index contributed by atoms with van der Waals surface area (Å²) in [5.74, 6) is 0. The number of nitrogens with zero attached hydrogens (tertiary/aromatic N) is 4. The van der Waals surface area contributed by atoms with Crippen LogP contribution in [0.5, 0.6) is 0 Å². The van der Waals surface area contributed by atoms with Gasteiger partial charge in [-0.2, -0.15) is 5.10 Å². The summed E-state index contributed by atoms with van der Waals surface area (Å²) in [5.41, 5.74) is 2.13. The van der Waals surface area contributed by atoms with E-state index in [2.05, 4.69) is 10.3 Å². The molecular weight excluding hydrogens is 304 g/mol. The van der Waals surface area contributed by atoms with E-state index in [0.29, 0.717) is 29.9 Å². The molecule has 0 spiro atoms. The molecule has 2 aliphatic heterocycles. The first-order chi connectivity index (χ1) is 11.0. The minimum atomic E-state index is -1.35. The van der Waals surface area contributed by atoms with Gasteiger partial charge in [-0.15, -0.1) is 0 Å². The van der Waals surface area contributed by atoms with Crippen LogP contribution >= 0.6 is 0 Å². The monoisotopic (exact) mass is 320 g/mol. The van der Waals surface area contributed by atoms with Crippen LogP contribution in [0.4, 0.5) is 4.79 Å². The van der Waals surface area contributed by atoms with Crippen LogP contribution in [0, 0.1) is 0 Å². The zero-order valence-electron chi connectivity index (χ0n) is 12.3. The highest BCUT2D eigenvalue weighted by molar-refractivity contribution is 5.69. The largest absolute Gasteiger partial charge is 0.465 e. The average molecular weight is 320 g/mol. The maximum Gasteiger partial charge on any atom is 0.407 e. The fourth-order valence-corrected chi connectivity index (χ4v) is 3.34. The average Bonchev–Trinajstić information content (AvgIpc) is 3.07. The molecule has 0 aromatic carbocycles. The Labute approximate surface area is 130 Å². The molecule has 9 nitrogen and oxygen atoms in total. The molecule has 2 aliphatic rings. The van der Waals surface area contributed by atoms with E-state index in [-0.39, 0.29) is 19.5 Å². The number of amides is 1. The number of hydrogen-bond acceptors (Lipinski definition) is 6. The van der Waals surface area contributed by atoms with Gasteiger partial charge in [0.25, 0.3) is 0 Å². The van der Waals surface area contributed by atoms with Gasteiger partial charge in [0.05, 0.1) is 31.1 Å². The Morgan fingerprint density at radius 3 is 3.04 bits per heavy atom. The first kappa shape index (κ1) is 14.2. The number of carboxylic acid groups (broad SMARTS) is 1. The second kappa shape index (κ2) is 4.80. The molecular formula is C14H16N4O5. The van der Waals surface area contributed by atoms with Crippen LogP contribution in [0.3, 0.4) is 0 Å². The highest BCUT2D eigenvalue weighted by Gasteiger charge is 2.38. The van der Waals surface area contributed by atoms with Gasteiger partial charge < -0.3 is 24.7 Å². The lowest BCUT2D eigenvalue weighted by molar-refractivity contribution is -0.0287. The highest BCUT2D eigenvalue weighted by Crippen LogP contribution is 2.36. The van der Waals surface area contributed by atoms with Crippen LogP contribution in [0.1, 0.15) is 16.8 Å². The van der Waals surface area contributed by atoms with Crippen molar-refractivity contribution in [3.8, 4) is 11.4 Å². The Morgan fingerprint density at radius 1 is 1.48 bits per heavy atom. The molecule has 0 saturated carbocycles. The van der Waals surface area contributed by atoms with Crippen LogP contribution in [0.2, 0.25) is 0 Å². The maximum absolute atomic E-state index is 11.3. The minimum absolute atomic E-state index is 0.120. The molecule has 2 aromatic rings. The van der Waals surface area contributed by atoms with Crippen molar-refractivity contribution in [2.45, 2.75) is 31.5 Å². The van der Waals surface area contributed by atoms with Crippen molar-refractivity contribution >= 4 is 6.09 Å². The smallest absolute Gasteiger partial charge is 0.407 e. The summed E-state index contributed by atoms with van der Waals surface area (Å²) in [6.45, 7) is 0.316. The first-order valence-electron chi connectivity index (χ1n) is 7.34. The van der Waals surface area contributed by atoms with Gasteiger partial charge in [0.2, 0.25) is 0 Å². The van der Waals surface area contributed by atoms with Gasteiger partial charge in [0.15, 0.2) is 0 Å². The van der Waals surface area contributed by atoms with Crippen LogP contribution in [0.25, 0.3) is 11.4 Å². The number of aromatic nitrogens is 3. The summed E-state index contributed by atoms with van der Waals surface area (Å²) in [5, 5.41) is 37.9. The standard InChI is InChI=1S/C14H16N4O5/c19-7-14(22)3-8-5-23-16-11(8)12-9-4-17(13(20)21)2-1-10(9)15-18(12)6-14/h5,19,22H,1-4,6-7H2,(H,20,21). The Bertz CT molecular complexity index is 782. The van der Waals surface area contributed by atoms with Gasteiger partial charge in [-0.1, -0.05) is 5.16 Å². The van der Waals surface area contributed by atoms with E-state index in [1.165, 1.54) is 11.2 Å². The van der Waals surface area contributed by atoms with E-state index < -0.39 is 18.3 Å². The lowest BCUT2D eigenvalue weighted by Crippen LogP contribution is -2.40. The molecule has 0 aliphatic carbocycles. The van der Waals surface area contributed by atoms with E-state index in [0.717, 1.165) is 11.3 Å². The molecule has 122 valence electrons. The second-order valence-corrected chi connectivity index (χ2v) is 6.13. The Kier molecular flexibility index (Phi) is 2.97. The molecule has 2 aromatic heterocycles. The van der Waals surface area contributed by atoms with Crippen molar-refractivity contribution < 1.29 is 24.6 Å². The summed E-state index contributed by atoms with van der Waals surface area (Å²) in [6, 6.07) is 0. The first-order valence-corrected chi connectivity index (χ1v) is 7.34. The van der Waals surface area contributed by atoms with E-state index in [9.17, 15) is 20.1 Å². The number of carbonyl (C=O) groups is 1. The van der Waals surface area contributed by atoms with Crippen molar-refractivity contribution in [2.75, 3.05) is 13.2 Å². The highest BCUT2D eigenvalue weighted by atomic mass is 16.5. The van der Waals surface area contributed by atoms with Gasteiger partial charge in [0, 0.05) is 30.5 Å². The summed E-state index contributed by atoms with van der Waals surface area (Å²) in [7, 11) is 0. The summed E-state index contributed by atoms with van der Waals surface area (Å²) in [4.78, 5) is 12.6. The van der Waals surface area contributed by atoms with Crippen molar-refractivity contribution in [1.29, 1.82) is 0 Å². The molecule has 1 atom stereocenters. The van der Waals surface area contributed by atoms with Crippen LogP contribution in [-0.2, 0) is 25.9 Å². The van der Waals surface area contributed by atoms with Gasteiger partial charge in [0.1, 0.15) is 17.6 Å². The number of hydrogen-bond donors (Lipinski definition) is 3.